The van der Waals surface area contributed by atoms with E-state index in [1.54, 1.807) is 0 Å². The molecule has 0 aliphatic carbocycles. The summed E-state index contributed by atoms with van der Waals surface area (Å²) in [4.78, 5) is 20.1. The molecular formula is C38H24N4. The van der Waals surface area contributed by atoms with E-state index >= 15 is 0 Å². The maximum atomic E-state index is 5.21. The largest absolute Gasteiger partial charge is 0.236 e. The topological polar surface area (TPSA) is 51.6 Å². The van der Waals surface area contributed by atoms with Crippen LogP contribution in [0.3, 0.4) is 0 Å². The Hall–Kier alpha value is -5.74. The number of aromatic nitrogens is 4. The summed E-state index contributed by atoms with van der Waals surface area (Å²) in [6, 6.07) is 47.9. The number of rotatable bonds is 4. The van der Waals surface area contributed by atoms with Crippen molar-refractivity contribution in [3.63, 3.8) is 0 Å². The molecule has 0 aliphatic heterocycles. The van der Waals surface area contributed by atoms with Crippen molar-refractivity contribution in [3.05, 3.63) is 146 Å². The zero-order chi connectivity index (χ0) is 27.9. The van der Waals surface area contributed by atoms with E-state index in [0.717, 1.165) is 55.0 Å². The molecule has 8 rings (SSSR count). The molecule has 0 fully saturated rings. The first-order valence-electron chi connectivity index (χ1n) is 14.0. The standard InChI is InChI=1S/C38H24N4/c1-3-10-25(11-4-1)26-18-20-28(21-19-26)35-32-22-23-34-33(24-39-37(40-34)29-13-5-2-6-14-29)36(32)42-38(41-35)31-17-9-15-27-12-7-8-16-30(27)31/h1-24H. The molecule has 0 atom stereocenters. The summed E-state index contributed by atoms with van der Waals surface area (Å²) >= 11 is 0. The van der Waals surface area contributed by atoms with E-state index in [0.29, 0.717) is 11.6 Å². The second-order valence-electron chi connectivity index (χ2n) is 10.3. The Morgan fingerprint density at radius 3 is 1.86 bits per heavy atom. The summed E-state index contributed by atoms with van der Waals surface area (Å²) in [5.41, 5.74) is 7.94. The first kappa shape index (κ1) is 24.1. The van der Waals surface area contributed by atoms with Gasteiger partial charge in [0.2, 0.25) is 0 Å². The van der Waals surface area contributed by atoms with Crippen molar-refractivity contribution in [2.75, 3.05) is 0 Å². The Morgan fingerprint density at radius 2 is 1.05 bits per heavy atom. The summed E-state index contributed by atoms with van der Waals surface area (Å²) in [7, 11) is 0. The van der Waals surface area contributed by atoms with E-state index in [4.69, 9.17) is 19.9 Å². The van der Waals surface area contributed by atoms with Crippen LogP contribution in [-0.4, -0.2) is 19.9 Å². The highest BCUT2D eigenvalue weighted by atomic mass is 14.9. The van der Waals surface area contributed by atoms with Crippen molar-refractivity contribution >= 4 is 32.6 Å². The fourth-order valence-corrected chi connectivity index (χ4v) is 5.64. The van der Waals surface area contributed by atoms with Crippen molar-refractivity contribution < 1.29 is 0 Å². The molecule has 0 aliphatic rings. The average Bonchev–Trinajstić information content (AvgIpc) is 3.08. The third kappa shape index (κ3) is 4.18. The number of fused-ring (bicyclic) bond motifs is 4. The molecule has 0 saturated carbocycles. The second-order valence-corrected chi connectivity index (χ2v) is 10.3. The van der Waals surface area contributed by atoms with Gasteiger partial charge >= 0.3 is 0 Å². The van der Waals surface area contributed by atoms with Gasteiger partial charge in [0.25, 0.3) is 0 Å². The minimum atomic E-state index is 0.682. The molecule has 2 aromatic heterocycles. The molecule has 8 aromatic rings. The van der Waals surface area contributed by atoms with Gasteiger partial charge in [0.15, 0.2) is 11.6 Å². The van der Waals surface area contributed by atoms with Gasteiger partial charge in [0.1, 0.15) is 0 Å². The van der Waals surface area contributed by atoms with Crippen molar-refractivity contribution in [1.82, 2.24) is 19.9 Å². The van der Waals surface area contributed by atoms with Gasteiger partial charge in [0, 0.05) is 33.7 Å². The third-order valence-corrected chi connectivity index (χ3v) is 7.75. The number of benzene rings is 6. The zero-order valence-electron chi connectivity index (χ0n) is 22.6. The minimum absolute atomic E-state index is 0.682. The van der Waals surface area contributed by atoms with E-state index in [2.05, 4.69) is 103 Å². The highest BCUT2D eigenvalue weighted by Crippen LogP contribution is 2.35. The Kier molecular flexibility index (Phi) is 5.75. The van der Waals surface area contributed by atoms with Gasteiger partial charge in [-0.15, -0.1) is 0 Å². The van der Waals surface area contributed by atoms with Gasteiger partial charge in [-0.2, -0.15) is 0 Å². The van der Waals surface area contributed by atoms with Crippen molar-refractivity contribution in [2.45, 2.75) is 0 Å². The molecule has 2 heterocycles. The molecule has 0 saturated heterocycles. The summed E-state index contributed by atoms with van der Waals surface area (Å²) in [5, 5.41) is 4.14. The minimum Gasteiger partial charge on any atom is -0.236 e. The first-order valence-corrected chi connectivity index (χ1v) is 14.0. The maximum absolute atomic E-state index is 5.21. The Balaban J connectivity index is 1.37. The van der Waals surface area contributed by atoms with E-state index < -0.39 is 0 Å². The molecule has 0 bridgehead atoms. The van der Waals surface area contributed by atoms with Crippen molar-refractivity contribution in [2.24, 2.45) is 0 Å². The van der Waals surface area contributed by atoms with Crippen molar-refractivity contribution in [3.8, 4) is 45.2 Å². The molecular weight excluding hydrogens is 512 g/mol. The lowest BCUT2D eigenvalue weighted by atomic mass is 9.99. The van der Waals surface area contributed by atoms with Gasteiger partial charge < -0.3 is 0 Å². The molecule has 0 radical (unpaired) electrons. The lowest BCUT2D eigenvalue weighted by molar-refractivity contribution is 1.21. The van der Waals surface area contributed by atoms with E-state index in [-0.39, 0.29) is 0 Å². The number of nitrogens with zero attached hydrogens (tertiary/aromatic N) is 4. The van der Waals surface area contributed by atoms with Crippen LogP contribution in [0, 0.1) is 0 Å². The molecule has 4 nitrogen and oxygen atoms in total. The van der Waals surface area contributed by atoms with Crippen LogP contribution >= 0.6 is 0 Å². The second kappa shape index (κ2) is 10.0. The molecule has 6 aromatic carbocycles. The summed E-state index contributed by atoms with van der Waals surface area (Å²) in [6.45, 7) is 0. The Morgan fingerprint density at radius 1 is 0.381 bits per heavy atom. The predicted molar refractivity (Wildman–Crippen MR) is 172 cm³/mol. The predicted octanol–water partition coefficient (Wildman–Crippen LogP) is 9.39. The normalized spacial score (nSPS) is 11.3. The Bertz CT molecular complexity index is 2220. The molecule has 196 valence electrons. The maximum Gasteiger partial charge on any atom is 0.161 e. The van der Waals surface area contributed by atoms with Crippen LogP contribution < -0.4 is 0 Å². The van der Waals surface area contributed by atoms with E-state index in [1.165, 1.54) is 11.1 Å². The van der Waals surface area contributed by atoms with Crippen LogP contribution in [0.4, 0.5) is 0 Å². The van der Waals surface area contributed by atoms with Crippen LogP contribution in [0.2, 0.25) is 0 Å². The lowest BCUT2D eigenvalue weighted by Gasteiger charge is -2.13. The highest BCUT2D eigenvalue weighted by Gasteiger charge is 2.16. The summed E-state index contributed by atoms with van der Waals surface area (Å²) in [5.74, 6) is 1.38. The highest BCUT2D eigenvalue weighted by molar-refractivity contribution is 6.09. The van der Waals surface area contributed by atoms with Crippen LogP contribution in [-0.2, 0) is 0 Å². The molecule has 4 heteroatoms. The van der Waals surface area contributed by atoms with E-state index in [1.807, 2.05) is 42.6 Å². The van der Waals surface area contributed by atoms with Crippen LogP contribution in [0.5, 0.6) is 0 Å². The van der Waals surface area contributed by atoms with Gasteiger partial charge in [-0.05, 0) is 34.0 Å². The third-order valence-electron chi connectivity index (χ3n) is 7.75. The van der Waals surface area contributed by atoms with Gasteiger partial charge in [-0.1, -0.05) is 127 Å². The van der Waals surface area contributed by atoms with Crippen LogP contribution in [0.15, 0.2) is 146 Å². The fourth-order valence-electron chi connectivity index (χ4n) is 5.64. The fraction of sp³-hybridized carbons (Fsp3) is 0. The number of hydrogen-bond acceptors (Lipinski definition) is 4. The smallest absolute Gasteiger partial charge is 0.161 e. The van der Waals surface area contributed by atoms with Crippen LogP contribution in [0.1, 0.15) is 0 Å². The van der Waals surface area contributed by atoms with Gasteiger partial charge in [0.05, 0.1) is 16.7 Å². The average molecular weight is 537 g/mol. The van der Waals surface area contributed by atoms with Crippen molar-refractivity contribution in [1.29, 1.82) is 0 Å². The zero-order valence-corrected chi connectivity index (χ0v) is 22.6. The molecule has 0 spiro atoms. The van der Waals surface area contributed by atoms with Gasteiger partial charge in [-0.25, -0.2) is 19.9 Å². The summed E-state index contributed by atoms with van der Waals surface area (Å²) < 4.78 is 0. The monoisotopic (exact) mass is 536 g/mol. The van der Waals surface area contributed by atoms with E-state index in [9.17, 15) is 0 Å². The molecule has 0 unspecified atom stereocenters. The Labute approximate surface area is 243 Å². The molecule has 0 N–H and O–H groups in total. The lowest BCUT2D eigenvalue weighted by Crippen LogP contribution is -1.98. The molecule has 0 amide bonds. The molecule has 42 heavy (non-hydrogen) atoms. The quantitative estimate of drug-likeness (QED) is 0.210. The summed E-state index contributed by atoms with van der Waals surface area (Å²) in [6.07, 6.45) is 1.90. The van der Waals surface area contributed by atoms with Crippen LogP contribution in [0.25, 0.3) is 77.7 Å². The van der Waals surface area contributed by atoms with Gasteiger partial charge in [-0.3, -0.25) is 0 Å². The number of hydrogen-bond donors (Lipinski definition) is 0. The SMILES string of the molecule is c1ccc(-c2ccc(-c3nc(-c4cccc5ccccc45)nc4c3ccc3nc(-c5ccccc5)ncc34)cc2)cc1. The first-order chi connectivity index (χ1) is 20.8.